The van der Waals surface area contributed by atoms with Gasteiger partial charge >= 0.3 is 5.97 Å². The van der Waals surface area contributed by atoms with Crippen LogP contribution in [0, 0.1) is 5.92 Å². The Morgan fingerprint density at radius 1 is 1.00 bits per heavy atom. The summed E-state index contributed by atoms with van der Waals surface area (Å²) in [5.41, 5.74) is 2.70. The number of benzene rings is 2. The van der Waals surface area contributed by atoms with Gasteiger partial charge < -0.3 is 24.5 Å². The highest BCUT2D eigenvalue weighted by Crippen LogP contribution is 2.37. The minimum Gasteiger partial charge on any atom is -0.481 e. The van der Waals surface area contributed by atoms with Gasteiger partial charge in [-0.25, -0.2) is 0 Å². The van der Waals surface area contributed by atoms with Gasteiger partial charge in [-0.3, -0.25) is 24.2 Å². The minimum atomic E-state index is -1.31. The molecule has 3 atom stereocenters. The van der Waals surface area contributed by atoms with Crippen molar-refractivity contribution in [1.29, 1.82) is 0 Å². The summed E-state index contributed by atoms with van der Waals surface area (Å²) in [6, 6.07) is 13.1. The third-order valence-electron chi connectivity index (χ3n) is 9.89. The molecule has 0 spiro atoms. The number of aromatic nitrogens is 1. The summed E-state index contributed by atoms with van der Waals surface area (Å²) < 4.78 is 15.0. The molecular formula is C36H45ClN4O6. The molecule has 3 fully saturated rings. The maximum Gasteiger partial charge on any atom is 0.306 e. The molecule has 2 saturated heterocycles. The molecule has 3 aromatic rings. The highest BCUT2D eigenvalue weighted by atomic mass is 35.5. The number of aryl methyl sites for hydroxylation is 1. The topological polar surface area (TPSA) is 113 Å². The molecule has 3 heterocycles. The quantitative estimate of drug-likeness (QED) is 0.283. The lowest BCUT2D eigenvalue weighted by Crippen LogP contribution is -2.71. The van der Waals surface area contributed by atoms with Gasteiger partial charge in [0.05, 0.1) is 40.5 Å². The van der Waals surface area contributed by atoms with E-state index in [1.54, 1.807) is 18.3 Å². The predicted molar refractivity (Wildman–Crippen MR) is 181 cm³/mol. The highest BCUT2D eigenvalue weighted by Gasteiger charge is 2.54. The van der Waals surface area contributed by atoms with Crippen LogP contribution in [0.2, 0.25) is 5.02 Å². The largest absolute Gasteiger partial charge is 0.481 e. The van der Waals surface area contributed by atoms with Gasteiger partial charge in [-0.15, -0.1) is 0 Å². The number of amides is 1. The summed E-state index contributed by atoms with van der Waals surface area (Å²) >= 11 is 6.74. The fourth-order valence-corrected chi connectivity index (χ4v) is 7.91. The van der Waals surface area contributed by atoms with Gasteiger partial charge in [0.25, 0.3) is 5.91 Å². The fraction of sp³-hybridized carbons (Fsp3) is 0.528. The monoisotopic (exact) mass is 664 g/mol. The molecular weight excluding hydrogens is 620 g/mol. The van der Waals surface area contributed by atoms with E-state index in [4.69, 9.17) is 21.1 Å². The molecule has 2 aliphatic heterocycles. The number of carbonyl (C=O) groups excluding carboxylic acids is 2. The number of carbonyl (C=O) groups is 3. The Balaban J connectivity index is 1.26. The van der Waals surface area contributed by atoms with Crippen LogP contribution in [0.3, 0.4) is 0 Å². The van der Waals surface area contributed by atoms with Crippen LogP contribution in [0.15, 0.2) is 48.7 Å². The lowest BCUT2D eigenvalue weighted by Gasteiger charge is -2.52. The molecule has 1 aliphatic carbocycles. The average Bonchev–Trinajstić information content (AvgIpc) is 3.70. The third kappa shape index (κ3) is 6.98. The molecule has 6 rings (SSSR count). The Morgan fingerprint density at radius 3 is 2.34 bits per heavy atom. The lowest BCUT2D eigenvalue weighted by atomic mass is 9.87. The van der Waals surface area contributed by atoms with Crippen molar-refractivity contribution in [3.05, 3.63) is 64.8 Å². The molecule has 10 nitrogen and oxygen atoms in total. The second-order valence-electron chi connectivity index (χ2n) is 13.4. The van der Waals surface area contributed by atoms with Crippen molar-refractivity contribution in [2.24, 2.45) is 13.0 Å². The van der Waals surface area contributed by atoms with Crippen molar-refractivity contribution >= 4 is 45.9 Å². The fourth-order valence-electron chi connectivity index (χ4n) is 7.66. The summed E-state index contributed by atoms with van der Waals surface area (Å²) in [7, 11) is 1.91. The molecule has 2 N–H and O–H groups in total. The number of nitrogens with one attached hydrogen (secondary N) is 1. The molecule has 1 aromatic heterocycles. The summed E-state index contributed by atoms with van der Waals surface area (Å²) in [5.74, 6) is -2.80. The molecule has 11 heteroatoms. The summed E-state index contributed by atoms with van der Waals surface area (Å²) in [5, 5.41) is 13.7. The summed E-state index contributed by atoms with van der Waals surface area (Å²) in [6.07, 6.45) is 5.66. The van der Waals surface area contributed by atoms with Gasteiger partial charge in [-0.05, 0) is 76.1 Å². The van der Waals surface area contributed by atoms with E-state index >= 15 is 0 Å². The zero-order valence-electron chi connectivity index (χ0n) is 27.4. The second kappa shape index (κ2) is 14.1. The Labute approximate surface area is 280 Å². The minimum absolute atomic E-state index is 0.0790. The normalized spacial score (nSPS) is 25.4. The average molecular weight is 665 g/mol. The van der Waals surface area contributed by atoms with E-state index in [0.717, 1.165) is 42.4 Å². The third-order valence-corrected chi connectivity index (χ3v) is 10.2. The van der Waals surface area contributed by atoms with Gasteiger partial charge in [0.1, 0.15) is 0 Å². The maximum absolute atomic E-state index is 14.8. The van der Waals surface area contributed by atoms with Crippen LogP contribution in [0.1, 0.15) is 68.3 Å². The summed E-state index contributed by atoms with van der Waals surface area (Å²) in [4.78, 5) is 44.1. The predicted octanol–water partition coefficient (Wildman–Crippen LogP) is 5.71. The molecule has 0 bridgehead atoms. The Hall–Kier alpha value is -3.28. The van der Waals surface area contributed by atoms with Crippen LogP contribution < -0.4 is 5.32 Å². The number of morpholine rings is 1. The van der Waals surface area contributed by atoms with E-state index in [0.29, 0.717) is 55.0 Å². The first-order chi connectivity index (χ1) is 22.5. The Kier molecular flexibility index (Phi) is 10.1. The highest BCUT2D eigenvalue weighted by molar-refractivity contribution is 6.34. The number of carboxylic acid groups (broad SMARTS) is 1. The number of rotatable bonds is 10. The molecule has 47 heavy (non-hydrogen) atoms. The van der Waals surface area contributed by atoms with E-state index in [1.165, 1.54) is 0 Å². The molecule has 1 saturated carbocycles. The van der Waals surface area contributed by atoms with Gasteiger partial charge in [0.2, 0.25) is 5.85 Å². The number of ketones is 1. The van der Waals surface area contributed by atoms with Crippen LogP contribution in [0.4, 0.5) is 5.69 Å². The number of hydrogen-bond acceptors (Lipinski definition) is 7. The second-order valence-corrected chi connectivity index (χ2v) is 13.8. The number of para-hydroxylation sites is 1. The first-order valence-corrected chi connectivity index (χ1v) is 17.2. The van der Waals surface area contributed by atoms with E-state index < -0.39 is 11.8 Å². The number of fused-ring (bicyclic) bond motifs is 1. The zero-order chi connectivity index (χ0) is 33.3. The molecule has 1 unspecified atom stereocenters. The van der Waals surface area contributed by atoms with Crippen LogP contribution in [0.5, 0.6) is 0 Å². The van der Waals surface area contributed by atoms with Crippen molar-refractivity contribution in [3.8, 4) is 0 Å². The number of anilines is 1. The van der Waals surface area contributed by atoms with Crippen molar-refractivity contribution in [3.63, 3.8) is 0 Å². The zero-order valence-corrected chi connectivity index (χ0v) is 28.2. The number of nitrogens with zero attached hydrogens (tertiary/aromatic N) is 3. The molecule has 0 radical (unpaired) electrons. The SMILES string of the molecule is C[C@@H]1CN(C(O[C@H]2CC[C@H](C(=O)O)CC2)(C(=O)Cc2ccc(NC(=O)c3cn(C)c4ccccc34)c(Cl)c2)N2CCCC2)C[C@H](C)O1. The van der Waals surface area contributed by atoms with Gasteiger partial charge in [0.15, 0.2) is 5.78 Å². The molecule has 1 amide bonds. The number of aliphatic carboxylic acids is 1. The van der Waals surface area contributed by atoms with Gasteiger partial charge in [-0.1, -0.05) is 35.9 Å². The van der Waals surface area contributed by atoms with Crippen LogP contribution in [-0.2, 0) is 32.5 Å². The smallest absolute Gasteiger partial charge is 0.306 e. The van der Waals surface area contributed by atoms with Crippen LogP contribution in [-0.4, -0.2) is 87.5 Å². The van der Waals surface area contributed by atoms with E-state index in [1.807, 2.05) is 55.8 Å². The van der Waals surface area contributed by atoms with Crippen molar-refractivity contribution in [2.45, 2.75) is 83.0 Å². The number of carboxylic acids is 1. The standard InChI is InChI=1S/C36H45ClN4O6/c1-23-20-41(21-24(2)46-23)36(40-16-6-7-17-40,47-27-13-11-26(12-14-27)35(44)45)33(42)19-25-10-15-31(30(37)18-25)38-34(43)29-22-39(3)32-9-5-4-8-28(29)32/h4-5,8-10,15,18,22-24,26-27H,6-7,11-14,16-17,19-21H2,1-3H3,(H,38,43)(H,44,45)/t23-,24+,26-,27-,36?. The molecule has 3 aliphatic rings. The number of likely N-dealkylation sites (tertiary alicyclic amines) is 1. The van der Waals surface area contributed by atoms with Crippen molar-refractivity contribution < 1.29 is 29.0 Å². The molecule has 252 valence electrons. The lowest BCUT2D eigenvalue weighted by molar-refractivity contribution is -0.274. The Bertz CT molecular complexity index is 1620. The molecule has 2 aromatic carbocycles. The number of hydrogen-bond donors (Lipinski definition) is 2. The summed E-state index contributed by atoms with van der Waals surface area (Å²) in [6.45, 7) is 6.58. The van der Waals surface area contributed by atoms with E-state index in [9.17, 15) is 19.5 Å². The van der Waals surface area contributed by atoms with Crippen molar-refractivity contribution in [2.75, 3.05) is 31.5 Å². The maximum atomic E-state index is 14.8. The first kappa shape index (κ1) is 33.6. The van der Waals surface area contributed by atoms with Gasteiger partial charge in [-0.2, -0.15) is 0 Å². The van der Waals surface area contributed by atoms with E-state index in [2.05, 4.69) is 15.1 Å². The van der Waals surface area contributed by atoms with Gasteiger partial charge in [0, 0.05) is 56.7 Å². The van der Waals surface area contributed by atoms with Crippen molar-refractivity contribution in [1.82, 2.24) is 14.4 Å². The van der Waals surface area contributed by atoms with Crippen LogP contribution in [0.25, 0.3) is 10.9 Å². The van der Waals surface area contributed by atoms with E-state index in [-0.39, 0.29) is 42.3 Å². The van der Waals surface area contributed by atoms with Crippen LogP contribution >= 0.6 is 11.6 Å². The number of Topliss-reactive ketones (excluding diaryl/α,β-unsaturated/α-hetero) is 1. The number of ether oxygens (including phenoxy) is 2. The Morgan fingerprint density at radius 2 is 1.68 bits per heavy atom. The number of halogens is 1. The first-order valence-electron chi connectivity index (χ1n) is 16.8.